The van der Waals surface area contributed by atoms with Crippen molar-refractivity contribution < 1.29 is 26.7 Å². The van der Waals surface area contributed by atoms with E-state index in [0.29, 0.717) is 0 Å². The van der Waals surface area contributed by atoms with Crippen LogP contribution in [-0.4, -0.2) is 5.91 Å². The van der Waals surface area contributed by atoms with Gasteiger partial charge in [0.05, 0.1) is 5.56 Å². The Morgan fingerprint density at radius 1 is 0.850 bits per heavy atom. The molecule has 1 N–H and O–H groups in total. The van der Waals surface area contributed by atoms with Gasteiger partial charge in [-0.15, -0.1) is 0 Å². The largest absolute Gasteiger partial charge is 0.317 e. The SMILES string of the molecule is O=C(Nc1c(F)c(F)cc(F)c1F)c1ccccc1F. The minimum Gasteiger partial charge on any atom is -0.317 e. The summed E-state index contributed by atoms with van der Waals surface area (Å²) in [7, 11) is 0. The molecule has 0 atom stereocenters. The van der Waals surface area contributed by atoms with E-state index in [1.165, 1.54) is 12.1 Å². The van der Waals surface area contributed by atoms with E-state index in [1.54, 1.807) is 5.32 Å². The number of benzene rings is 2. The number of hydrogen-bond acceptors (Lipinski definition) is 1. The summed E-state index contributed by atoms with van der Waals surface area (Å²) in [6, 6.07) is 4.62. The van der Waals surface area contributed by atoms with E-state index in [2.05, 4.69) is 0 Å². The van der Waals surface area contributed by atoms with E-state index in [-0.39, 0.29) is 6.07 Å². The maximum absolute atomic E-state index is 13.3. The summed E-state index contributed by atoms with van der Waals surface area (Å²) in [5.41, 5.74) is -1.83. The monoisotopic (exact) mass is 287 g/mol. The average Bonchev–Trinajstić information content (AvgIpc) is 2.41. The van der Waals surface area contributed by atoms with E-state index < -0.39 is 46.2 Å². The molecule has 0 aliphatic heterocycles. The molecule has 0 fully saturated rings. The van der Waals surface area contributed by atoms with Crippen LogP contribution in [0.4, 0.5) is 27.6 Å². The van der Waals surface area contributed by atoms with Gasteiger partial charge in [0, 0.05) is 6.07 Å². The van der Waals surface area contributed by atoms with E-state index >= 15 is 0 Å². The molecule has 2 aromatic carbocycles. The molecule has 2 nitrogen and oxygen atoms in total. The Morgan fingerprint density at radius 2 is 1.40 bits per heavy atom. The summed E-state index contributed by atoms with van der Waals surface area (Å²) >= 11 is 0. The predicted octanol–water partition coefficient (Wildman–Crippen LogP) is 3.63. The lowest BCUT2D eigenvalue weighted by molar-refractivity contribution is 0.102. The van der Waals surface area contributed by atoms with Gasteiger partial charge in [-0.25, -0.2) is 22.0 Å². The van der Waals surface area contributed by atoms with Crippen LogP contribution in [0.1, 0.15) is 10.4 Å². The molecule has 0 radical (unpaired) electrons. The third-order valence-electron chi connectivity index (χ3n) is 2.47. The highest BCUT2D eigenvalue weighted by Gasteiger charge is 2.22. The summed E-state index contributed by atoms with van der Waals surface area (Å²) in [6.45, 7) is 0. The Balaban J connectivity index is 2.41. The Bertz CT molecular complexity index is 660. The molecule has 1 amide bonds. The quantitative estimate of drug-likeness (QED) is 0.663. The zero-order chi connectivity index (χ0) is 14.9. The van der Waals surface area contributed by atoms with Gasteiger partial charge in [-0.1, -0.05) is 12.1 Å². The third kappa shape index (κ3) is 2.47. The Kier molecular flexibility index (Phi) is 3.69. The van der Waals surface area contributed by atoms with Gasteiger partial charge in [-0.3, -0.25) is 4.79 Å². The van der Waals surface area contributed by atoms with E-state index in [0.717, 1.165) is 12.1 Å². The van der Waals surface area contributed by atoms with Crippen LogP contribution in [-0.2, 0) is 0 Å². The van der Waals surface area contributed by atoms with Gasteiger partial charge in [0.1, 0.15) is 11.5 Å². The molecule has 0 unspecified atom stereocenters. The minimum atomic E-state index is -1.77. The summed E-state index contributed by atoms with van der Waals surface area (Å²) in [4.78, 5) is 11.6. The van der Waals surface area contributed by atoms with Crippen LogP contribution in [0.15, 0.2) is 30.3 Å². The third-order valence-corrected chi connectivity index (χ3v) is 2.47. The summed E-state index contributed by atoms with van der Waals surface area (Å²) < 4.78 is 65.9. The van der Waals surface area contributed by atoms with Gasteiger partial charge >= 0.3 is 0 Å². The molecular formula is C13H6F5NO. The molecule has 0 spiro atoms. The molecule has 0 bridgehead atoms. The van der Waals surface area contributed by atoms with E-state index in [1.807, 2.05) is 0 Å². The molecule has 0 heterocycles. The molecule has 104 valence electrons. The zero-order valence-electron chi connectivity index (χ0n) is 9.68. The first kappa shape index (κ1) is 14.0. The maximum atomic E-state index is 13.3. The van der Waals surface area contributed by atoms with Crippen LogP contribution in [0.2, 0.25) is 0 Å². The van der Waals surface area contributed by atoms with Crippen molar-refractivity contribution in [2.75, 3.05) is 5.32 Å². The highest BCUT2D eigenvalue weighted by atomic mass is 19.2. The van der Waals surface area contributed by atoms with Crippen molar-refractivity contribution in [1.29, 1.82) is 0 Å². The van der Waals surface area contributed by atoms with Crippen LogP contribution >= 0.6 is 0 Å². The molecule has 2 aromatic rings. The van der Waals surface area contributed by atoms with Crippen molar-refractivity contribution >= 4 is 11.6 Å². The number of carbonyl (C=O) groups excluding carboxylic acids is 1. The molecule has 0 saturated heterocycles. The maximum Gasteiger partial charge on any atom is 0.258 e. The molecule has 20 heavy (non-hydrogen) atoms. The van der Waals surface area contributed by atoms with Crippen molar-refractivity contribution in [1.82, 2.24) is 0 Å². The second-order valence-corrected chi connectivity index (χ2v) is 3.78. The first-order valence-electron chi connectivity index (χ1n) is 5.30. The number of carbonyl (C=O) groups is 1. The summed E-state index contributed by atoms with van der Waals surface area (Å²) in [5.74, 6) is -9.06. The molecule has 7 heteroatoms. The first-order chi connectivity index (χ1) is 9.41. The van der Waals surface area contributed by atoms with Crippen LogP contribution in [0, 0.1) is 29.1 Å². The molecular weight excluding hydrogens is 281 g/mol. The van der Waals surface area contributed by atoms with Gasteiger partial charge in [0.15, 0.2) is 23.3 Å². The van der Waals surface area contributed by atoms with Crippen LogP contribution in [0.3, 0.4) is 0 Å². The number of hydrogen-bond donors (Lipinski definition) is 1. The summed E-state index contributed by atoms with van der Waals surface area (Å²) in [6.07, 6.45) is 0. The fraction of sp³-hybridized carbons (Fsp3) is 0. The van der Waals surface area contributed by atoms with Crippen LogP contribution < -0.4 is 5.32 Å². The van der Waals surface area contributed by atoms with Gasteiger partial charge in [-0.2, -0.15) is 0 Å². The van der Waals surface area contributed by atoms with Crippen molar-refractivity contribution in [2.24, 2.45) is 0 Å². The lowest BCUT2D eigenvalue weighted by Crippen LogP contribution is -2.17. The lowest BCUT2D eigenvalue weighted by atomic mass is 10.2. The first-order valence-corrected chi connectivity index (χ1v) is 5.30. The van der Waals surface area contributed by atoms with E-state index in [4.69, 9.17) is 0 Å². The van der Waals surface area contributed by atoms with Gasteiger partial charge < -0.3 is 5.32 Å². The molecule has 0 aliphatic carbocycles. The van der Waals surface area contributed by atoms with Crippen molar-refractivity contribution in [3.8, 4) is 0 Å². The highest BCUT2D eigenvalue weighted by Crippen LogP contribution is 2.24. The smallest absolute Gasteiger partial charge is 0.258 e. The number of amides is 1. The van der Waals surface area contributed by atoms with Gasteiger partial charge in [0.25, 0.3) is 5.91 Å². The Morgan fingerprint density at radius 3 is 1.95 bits per heavy atom. The topological polar surface area (TPSA) is 29.1 Å². The normalized spacial score (nSPS) is 10.4. The van der Waals surface area contributed by atoms with Gasteiger partial charge in [-0.05, 0) is 12.1 Å². The zero-order valence-corrected chi connectivity index (χ0v) is 9.68. The van der Waals surface area contributed by atoms with E-state index in [9.17, 15) is 26.7 Å². The fourth-order valence-electron chi connectivity index (χ4n) is 1.51. The molecule has 0 aliphatic rings. The number of rotatable bonds is 2. The molecule has 2 rings (SSSR count). The average molecular weight is 287 g/mol. The minimum absolute atomic E-state index is 0.00340. The lowest BCUT2D eigenvalue weighted by Gasteiger charge is -2.09. The number of halogens is 5. The van der Waals surface area contributed by atoms with Crippen molar-refractivity contribution in [3.05, 3.63) is 65.0 Å². The van der Waals surface area contributed by atoms with Gasteiger partial charge in [0.2, 0.25) is 0 Å². The number of anilines is 1. The fourth-order valence-corrected chi connectivity index (χ4v) is 1.51. The Labute approximate surface area is 109 Å². The second-order valence-electron chi connectivity index (χ2n) is 3.78. The second kappa shape index (κ2) is 5.28. The van der Waals surface area contributed by atoms with Crippen molar-refractivity contribution in [2.45, 2.75) is 0 Å². The van der Waals surface area contributed by atoms with Crippen LogP contribution in [0.5, 0.6) is 0 Å². The predicted molar refractivity (Wildman–Crippen MR) is 60.6 cm³/mol. The Hall–Kier alpha value is -2.44. The highest BCUT2D eigenvalue weighted by molar-refractivity contribution is 6.04. The molecule has 0 aromatic heterocycles. The summed E-state index contributed by atoms with van der Waals surface area (Å²) in [5, 5.41) is 1.61. The van der Waals surface area contributed by atoms with Crippen molar-refractivity contribution in [3.63, 3.8) is 0 Å². The standard InChI is InChI=1S/C13H6F5NO/c14-7-4-2-1-3-6(7)13(20)19-12-10(17)8(15)5-9(16)11(12)18/h1-5H,(H,19,20). The van der Waals surface area contributed by atoms with Crippen LogP contribution in [0.25, 0.3) is 0 Å². The number of nitrogens with one attached hydrogen (secondary N) is 1. The molecule has 0 saturated carbocycles.